The van der Waals surface area contributed by atoms with Gasteiger partial charge in [-0.05, 0) is 56.2 Å². The lowest BCUT2D eigenvalue weighted by Crippen LogP contribution is -2.26. The first-order valence-corrected chi connectivity index (χ1v) is 10.3. The van der Waals surface area contributed by atoms with Crippen LogP contribution in [-0.4, -0.2) is 22.7 Å². The Balaban J connectivity index is 1.66. The van der Waals surface area contributed by atoms with Gasteiger partial charge in [-0.1, -0.05) is 30.3 Å². The number of aromatic nitrogens is 1. The van der Waals surface area contributed by atoms with Gasteiger partial charge >= 0.3 is 0 Å². The van der Waals surface area contributed by atoms with Crippen molar-refractivity contribution in [2.24, 2.45) is 5.73 Å². The van der Waals surface area contributed by atoms with Gasteiger partial charge in [0.05, 0.1) is 17.2 Å². The summed E-state index contributed by atoms with van der Waals surface area (Å²) in [6.45, 7) is 5.45. The van der Waals surface area contributed by atoms with E-state index >= 15 is 0 Å². The molecule has 0 aliphatic carbocycles. The van der Waals surface area contributed by atoms with E-state index in [1.807, 2.05) is 37.3 Å². The lowest BCUT2D eigenvalue weighted by Gasteiger charge is -2.14. The van der Waals surface area contributed by atoms with Crippen molar-refractivity contribution in [3.8, 4) is 0 Å². The van der Waals surface area contributed by atoms with E-state index in [-0.39, 0.29) is 17.9 Å². The highest BCUT2D eigenvalue weighted by Crippen LogP contribution is 2.34. The van der Waals surface area contributed by atoms with E-state index in [4.69, 9.17) is 5.73 Å². The van der Waals surface area contributed by atoms with Crippen LogP contribution >= 0.6 is 0 Å². The number of rotatable bonds is 5. The number of benzene rings is 2. The highest BCUT2D eigenvalue weighted by molar-refractivity contribution is 6.35. The fourth-order valence-corrected chi connectivity index (χ4v) is 4.01. The van der Waals surface area contributed by atoms with E-state index in [1.165, 1.54) is 0 Å². The van der Waals surface area contributed by atoms with E-state index < -0.39 is 5.91 Å². The van der Waals surface area contributed by atoms with Gasteiger partial charge in [0, 0.05) is 28.2 Å². The molecule has 5 N–H and O–H groups in total. The van der Waals surface area contributed by atoms with Gasteiger partial charge in [-0.2, -0.15) is 0 Å². The third-order valence-electron chi connectivity index (χ3n) is 5.72. The summed E-state index contributed by atoms with van der Waals surface area (Å²) >= 11 is 0. The second-order valence-electron chi connectivity index (χ2n) is 7.91. The first-order chi connectivity index (χ1) is 15.3. The average molecular weight is 428 g/mol. The first-order valence-electron chi connectivity index (χ1n) is 10.3. The molecule has 2 heterocycles. The topological polar surface area (TPSA) is 117 Å². The molecular formula is C25H24N4O3. The maximum Gasteiger partial charge on any atom is 0.256 e. The SMILES string of the molecule is Cc1[nH]c(/C=C2\C(=O)Nc3ccc(C(=O)NC(C)c4ccccc4)cc32)c(C)c1C(N)=O. The fraction of sp³-hybridized carbons (Fsp3) is 0.160. The summed E-state index contributed by atoms with van der Waals surface area (Å²) in [5, 5.41) is 5.81. The Morgan fingerprint density at radius 3 is 2.47 bits per heavy atom. The van der Waals surface area contributed by atoms with Crippen LogP contribution in [0.1, 0.15) is 61.8 Å². The quantitative estimate of drug-likeness (QED) is 0.464. The number of carbonyl (C=O) groups excluding carboxylic acids is 3. The molecule has 1 aromatic heterocycles. The van der Waals surface area contributed by atoms with E-state index in [2.05, 4.69) is 15.6 Å². The number of primary amides is 1. The lowest BCUT2D eigenvalue weighted by molar-refractivity contribution is -0.110. The lowest BCUT2D eigenvalue weighted by atomic mass is 10.0. The van der Waals surface area contributed by atoms with Gasteiger partial charge in [-0.15, -0.1) is 0 Å². The number of nitrogens with one attached hydrogen (secondary N) is 3. The van der Waals surface area contributed by atoms with E-state index in [0.29, 0.717) is 44.9 Å². The maximum atomic E-state index is 12.9. The number of carbonyl (C=O) groups is 3. The molecule has 0 fully saturated rings. The minimum Gasteiger partial charge on any atom is -0.366 e. The molecular weight excluding hydrogens is 404 g/mol. The molecule has 7 nitrogen and oxygen atoms in total. The standard InChI is InChI=1S/C25H24N4O3/c1-13-21(27-15(3)22(13)23(26)30)12-19-18-11-17(9-10-20(18)29-25(19)32)24(31)28-14(2)16-7-5-4-6-8-16/h4-12,14,27H,1-3H3,(H2,26,30)(H,28,31)(H,29,32)/b19-12-. The number of fused-ring (bicyclic) bond motifs is 1. The second-order valence-corrected chi connectivity index (χ2v) is 7.91. The Hall–Kier alpha value is -4.13. The van der Waals surface area contributed by atoms with Crippen LogP contribution in [0.15, 0.2) is 48.5 Å². The monoisotopic (exact) mass is 428 g/mol. The van der Waals surface area contributed by atoms with Crippen LogP contribution in [0.2, 0.25) is 0 Å². The van der Waals surface area contributed by atoms with Gasteiger partial charge < -0.3 is 21.4 Å². The summed E-state index contributed by atoms with van der Waals surface area (Å²) < 4.78 is 0. The number of hydrogen-bond acceptors (Lipinski definition) is 3. The van der Waals surface area contributed by atoms with Crippen LogP contribution in [0.5, 0.6) is 0 Å². The Morgan fingerprint density at radius 1 is 1.09 bits per heavy atom. The van der Waals surface area contributed by atoms with E-state index in [9.17, 15) is 14.4 Å². The first kappa shape index (κ1) is 21.1. The van der Waals surface area contributed by atoms with Gasteiger partial charge in [0.15, 0.2) is 0 Å². The van der Waals surface area contributed by atoms with Crippen LogP contribution in [0.25, 0.3) is 11.6 Å². The minimum absolute atomic E-state index is 0.163. The van der Waals surface area contributed by atoms with Crippen molar-refractivity contribution in [3.63, 3.8) is 0 Å². The van der Waals surface area contributed by atoms with Gasteiger partial charge in [0.25, 0.3) is 17.7 Å². The van der Waals surface area contributed by atoms with Crippen molar-refractivity contribution >= 4 is 35.1 Å². The molecule has 0 spiro atoms. The van der Waals surface area contributed by atoms with Crippen molar-refractivity contribution < 1.29 is 14.4 Å². The second kappa shape index (κ2) is 8.19. The third-order valence-corrected chi connectivity index (χ3v) is 5.72. The Bertz CT molecular complexity index is 1270. The van der Waals surface area contributed by atoms with Crippen molar-refractivity contribution in [2.75, 3.05) is 5.32 Å². The average Bonchev–Trinajstić information content (AvgIpc) is 3.23. The molecule has 1 aliphatic heterocycles. The Labute approximate surface area is 185 Å². The van der Waals surface area contributed by atoms with E-state index in [0.717, 1.165) is 5.56 Å². The molecule has 3 aromatic rings. The predicted molar refractivity (Wildman–Crippen MR) is 124 cm³/mol. The Kier molecular flexibility index (Phi) is 5.40. The molecule has 3 amide bonds. The number of aryl methyl sites for hydroxylation is 1. The van der Waals surface area contributed by atoms with Crippen molar-refractivity contribution in [1.82, 2.24) is 10.3 Å². The number of hydrogen-bond donors (Lipinski definition) is 4. The number of aromatic amines is 1. The molecule has 1 unspecified atom stereocenters. The molecule has 0 bridgehead atoms. The van der Waals surface area contributed by atoms with Gasteiger partial charge in [0.2, 0.25) is 0 Å². The zero-order chi connectivity index (χ0) is 23.0. The summed E-state index contributed by atoms with van der Waals surface area (Å²) in [5.41, 5.74) is 10.9. The molecule has 0 saturated carbocycles. The zero-order valence-corrected chi connectivity index (χ0v) is 18.1. The number of H-pyrrole nitrogens is 1. The van der Waals surface area contributed by atoms with Crippen LogP contribution in [-0.2, 0) is 4.79 Å². The number of anilines is 1. The van der Waals surface area contributed by atoms with Crippen LogP contribution in [0.4, 0.5) is 5.69 Å². The van der Waals surface area contributed by atoms with Gasteiger partial charge in [-0.25, -0.2) is 0 Å². The normalized spacial score (nSPS) is 14.7. The highest BCUT2D eigenvalue weighted by atomic mass is 16.2. The fourth-order valence-electron chi connectivity index (χ4n) is 4.01. The molecule has 4 rings (SSSR count). The third kappa shape index (κ3) is 3.80. The highest BCUT2D eigenvalue weighted by Gasteiger charge is 2.26. The Morgan fingerprint density at radius 2 is 1.81 bits per heavy atom. The largest absolute Gasteiger partial charge is 0.366 e. The molecule has 1 atom stereocenters. The maximum absolute atomic E-state index is 12.9. The van der Waals surface area contributed by atoms with Crippen molar-refractivity contribution in [3.05, 3.63) is 87.7 Å². The molecule has 0 saturated heterocycles. The molecule has 2 aromatic carbocycles. The smallest absolute Gasteiger partial charge is 0.256 e. The van der Waals surface area contributed by atoms with Crippen LogP contribution < -0.4 is 16.4 Å². The summed E-state index contributed by atoms with van der Waals surface area (Å²) in [6.07, 6.45) is 1.68. The van der Waals surface area contributed by atoms with E-state index in [1.54, 1.807) is 38.1 Å². The minimum atomic E-state index is -0.524. The zero-order valence-electron chi connectivity index (χ0n) is 18.1. The molecule has 7 heteroatoms. The van der Waals surface area contributed by atoms with Gasteiger partial charge in [0.1, 0.15) is 0 Å². The number of nitrogens with two attached hydrogens (primary N) is 1. The summed E-state index contributed by atoms with van der Waals surface area (Å²) in [7, 11) is 0. The molecule has 162 valence electrons. The van der Waals surface area contributed by atoms with Crippen molar-refractivity contribution in [1.29, 1.82) is 0 Å². The molecule has 1 aliphatic rings. The molecule has 0 radical (unpaired) electrons. The van der Waals surface area contributed by atoms with Gasteiger partial charge in [-0.3, -0.25) is 14.4 Å². The van der Waals surface area contributed by atoms with Crippen molar-refractivity contribution in [2.45, 2.75) is 26.8 Å². The summed E-state index contributed by atoms with van der Waals surface area (Å²) in [4.78, 5) is 40.3. The molecule has 32 heavy (non-hydrogen) atoms. The van der Waals surface area contributed by atoms with Crippen LogP contribution in [0.3, 0.4) is 0 Å². The van der Waals surface area contributed by atoms with Crippen LogP contribution in [0, 0.1) is 13.8 Å². The predicted octanol–water partition coefficient (Wildman–Crippen LogP) is 3.71. The summed E-state index contributed by atoms with van der Waals surface area (Å²) in [6, 6.07) is 14.6. The number of amides is 3. The summed E-state index contributed by atoms with van der Waals surface area (Å²) in [5.74, 6) is -1.03.